The Bertz CT molecular complexity index is 412. The standard InChI is InChI=1S/C8H8N4O2/c13-8(14)7-9-10-11-12(7)6-4-2-1-3-5-6/h1-5,8,13-14H. The SMILES string of the molecule is OC(O)c1nnnn1-c1ccccc1. The van der Waals surface area contributed by atoms with Crippen molar-refractivity contribution < 1.29 is 10.2 Å². The van der Waals surface area contributed by atoms with Crippen LogP contribution in [0.2, 0.25) is 0 Å². The molecular formula is C8H8N4O2. The number of aliphatic hydroxyl groups excluding tert-OH is 1. The van der Waals surface area contributed by atoms with Gasteiger partial charge in [-0.1, -0.05) is 18.2 Å². The molecule has 0 aliphatic carbocycles. The van der Waals surface area contributed by atoms with Crippen molar-refractivity contribution in [3.05, 3.63) is 36.2 Å². The van der Waals surface area contributed by atoms with E-state index in [4.69, 9.17) is 10.2 Å². The van der Waals surface area contributed by atoms with Crippen molar-refractivity contribution in [2.75, 3.05) is 0 Å². The quantitative estimate of drug-likeness (QED) is 0.635. The first-order valence-corrected chi connectivity index (χ1v) is 3.99. The van der Waals surface area contributed by atoms with E-state index in [9.17, 15) is 0 Å². The van der Waals surface area contributed by atoms with E-state index in [0.29, 0.717) is 5.69 Å². The summed E-state index contributed by atoms with van der Waals surface area (Å²) in [6.07, 6.45) is -1.68. The van der Waals surface area contributed by atoms with Gasteiger partial charge in [0.05, 0.1) is 5.69 Å². The third kappa shape index (κ3) is 1.48. The van der Waals surface area contributed by atoms with Gasteiger partial charge in [-0.2, -0.15) is 4.68 Å². The van der Waals surface area contributed by atoms with Crippen molar-refractivity contribution in [3.63, 3.8) is 0 Å². The monoisotopic (exact) mass is 192 g/mol. The summed E-state index contributed by atoms with van der Waals surface area (Å²) in [5.41, 5.74) is 0.681. The molecule has 0 saturated heterocycles. The highest BCUT2D eigenvalue weighted by molar-refractivity contribution is 5.30. The van der Waals surface area contributed by atoms with Crippen LogP contribution in [-0.4, -0.2) is 30.4 Å². The maximum absolute atomic E-state index is 8.95. The van der Waals surface area contributed by atoms with Crippen LogP contribution in [0.3, 0.4) is 0 Å². The molecular weight excluding hydrogens is 184 g/mol. The first kappa shape index (κ1) is 8.79. The number of tetrazole rings is 1. The Kier molecular flexibility index (Phi) is 2.21. The van der Waals surface area contributed by atoms with E-state index in [2.05, 4.69) is 15.5 Å². The van der Waals surface area contributed by atoms with Gasteiger partial charge in [-0.25, -0.2) is 0 Å². The molecule has 0 aliphatic heterocycles. The summed E-state index contributed by atoms with van der Waals surface area (Å²) in [5.74, 6) is -0.00352. The number of rotatable bonds is 2. The maximum atomic E-state index is 8.95. The van der Waals surface area contributed by atoms with Crippen LogP contribution < -0.4 is 0 Å². The van der Waals surface area contributed by atoms with Crippen molar-refractivity contribution in [2.24, 2.45) is 0 Å². The third-order valence-corrected chi connectivity index (χ3v) is 1.73. The van der Waals surface area contributed by atoms with E-state index < -0.39 is 6.29 Å². The Morgan fingerprint density at radius 1 is 1.14 bits per heavy atom. The van der Waals surface area contributed by atoms with Gasteiger partial charge in [0.25, 0.3) is 0 Å². The van der Waals surface area contributed by atoms with Crippen LogP contribution in [0.15, 0.2) is 30.3 Å². The van der Waals surface area contributed by atoms with Gasteiger partial charge in [0.15, 0.2) is 0 Å². The number of para-hydroxylation sites is 1. The summed E-state index contributed by atoms with van der Waals surface area (Å²) >= 11 is 0. The van der Waals surface area contributed by atoms with Crippen LogP contribution in [0.1, 0.15) is 12.1 Å². The van der Waals surface area contributed by atoms with Gasteiger partial charge in [-0.05, 0) is 22.6 Å². The molecule has 0 amide bonds. The number of aliphatic hydroxyl groups is 2. The number of aromatic nitrogens is 4. The molecule has 6 heteroatoms. The van der Waals surface area contributed by atoms with Gasteiger partial charge in [0.1, 0.15) is 0 Å². The van der Waals surface area contributed by atoms with Gasteiger partial charge in [0, 0.05) is 0 Å². The molecule has 1 heterocycles. The number of benzene rings is 1. The molecule has 0 aliphatic rings. The first-order valence-electron chi connectivity index (χ1n) is 3.99. The molecule has 1 aromatic carbocycles. The molecule has 0 radical (unpaired) electrons. The zero-order valence-corrected chi connectivity index (χ0v) is 7.15. The highest BCUT2D eigenvalue weighted by Gasteiger charge is 2.13. The summed E-state index contributed by atoms with van der Waals surface area (Å²) in [7, 11) is 0. The molecule has 14 heavy (non-hydrogen) atoms. The molecule has 2 aromatic rings. The fourth-order valence-corrected chi connectivity index (χ4v) is 1.11. The van der Waals surface area contributed by atoms with E-state index >= 15 is 0 Å². The molecule has 0 saturated carbocycles. The summed E-state index contributed by atoms with van der Waals surface area (Å²) in [6.45, 7) is 0. The minimum absolute atomic E-state index is 0.00352. The minimum atomic E-state index is -1.68. The van der Waals surface area contributed by atoms with Crippen LogP contribution in [0, 0.1) is 0 Å². The summed E-state index contributed by atoms with van der Waals surface area (Å²) in [6, 6.07) is 9.00. The lowest BCUT2D eigenvalue weighted by Crippen LogP contribution is -2.07. The molecule has 2 rings (SSSR count). The molecule has 6 nitrogen and oxygen atoms in total. The average molecular weight is 192 g/mol. The van der Waals surface area contributed by atoms with Gasteiger partial charge in [-0.3, -0.25) is 0 Å². The molecule has 0 atom stereocenters. The highest BCUT2D eigenvalue weighted by Crippen LogP contribution is 2.10. The molecule has 0 spiro atoms. The fraction of sp³-hybridized carbons (Fsp3) is 0.125. The lowest BCUT2D eigenvalue weighted by atomic mass is 10.3. The van der Waals surface area contributed by atoms with Crippen molar-refractivity contribution in [1.82, 2.24) is 20.2 Å². The minimum Gasteiger partial charge on any atom is -0.362 e. The zero-order valence-electron chi connectivity index (χ0n) is 7.15. The van der Waals surface area contributed by atoms with Crippen molar-refractivity contribution in [2.45, 2.75) is 6.29 Å². The molecule has 72 valence electrons. The van der Waals surface area contributed by atoms with E-state index in [-0.39, 0.29) is 5.82 Å². The van der Waals surface area contributed by atoms with Crippen molar-refractivity contribution >= 4 is 0 Å². The van der Waals surface area contributed by atoms with Crippen LogP contribution >= 0.6 is 0 Å². The molecule has 2 N–H and O–H groups in total. The smallest absolute Gasteiger partial charge is 0.216 e. The Hall–Kier alpha value is -1.79. The van der Waals surface area contributed by atoms with Crippen molar-refractivity contribution in [1.29, 1.82) is 0 Å². The van der Waals surface area contributed by atoms with Gasteiger partial charge in [0.2, 0.25) is 12.1 Å². The predicted molar refractivity (Wildman–Crippen MR) is 46.3 cm³/mol. The lowest BCUT2D eigenvalue weighted by Gasteiger charge is -2.04. The van der Waals surface area contributed by atoms with Crippen LogP contribution in [-0.2, 0) is 0 Å². The van der Waals surface area contributed by atoms with Gasteiger partial charge in [-0.15, -0.1) is 5.10 Å². The van der Waals surface area contributed by atoms with Crippen molar-refractivity contribution in [3.8, 4) is 5.69 Å². The second-order valence-corrected chi connectivity index (χ2v) is 2.66. The van der Waals surface area contributed by atoms with Gasteiger partial charge >= 0.3 is 0 Å². The highest BCUT2D eigenvalue weighted by atomic mass is 16.5. The maximum Gasteiger partial charge on any atom is 0.216 e. The molecule has 0 fully saturated rings. The fourth-order valence-electron chi connectivity index (χ4n) is 1.11. The largest absolute Gasteiger partial charge is 0.362 e. The molecule has 0 bridgehead atoms. The van der Waals surface area contributed by atoms with E-state index in [1.54, 1.807) is 12.1 Å². The summed E-state index contributed by atoms with van der Waals surface area (Å²) in [4.78, 5) is 0. The second-order valence-electron chi connectivity index (χ2n) is 2.66. The topological polar surface area (TPSA) is 84.1 Å². The average Bonchev–Trinajstić information content (AvgIpc) is 2.67. The zero-order chi connectivity index (χ0) is 9.97. The normalized spacial score (nSPS) is 10.8. The summed E-state index contributed by atoms with van der Waals surface area (Å²) < 4.78 is 1.27. The Labute approximate surface area is 79.4 Å². The Balaban J connectivity index is 2.47. The number of hydrogen-bond acceptors (Lipinski definition) is 5. The lowest BCUT2D eigenvalue weighted by molar-refractivity contribution is -0.0510. The second kappa shape index (κ2) is 3.52. The van der Waals surface area contributed by atoms with Crippen LogP contribution in [0.5, 0.6) is 0 Å². The predicted octanol–water partition coefficient (Wildman–Crippen LogP) is -0.355. The number of nitrogens with zero attached hydrogens (tertiary/aromatic N) is 4. The van der Waals surface area contributed by atoms with Crippen LogP contribution in [0.4, 0.5) is 0 Å². The molecule has 0 unspecified atom stereocenters. The summed E-state index contributed by atoms with van der Waals surface area (Å²) in [5, 5.41) is 28.4. The Morgan fingerprint density at radius 3 is 2.50 bits per heavy atom. The van der Waals surface area contributed by atoms with E-state index in [0.717, 1.165) is 0 Å². The third-order valence-electron chi connectivity index (χ3n) is 1.73. The number of hydrogen-bond donors (Lipinski definition) is 2. The van der Waals surface area contributed by atoms with E-state index in [1.807, 2.05) is 18.2 Å². The first-order chi connectivity index (χ1) is 6.79. The van der Waals surface area contributed by atoms with E-state index in [1.165, 1.54) is 4.68 Å². The van der Waals surface area contributed by atoms with Crippen LogP contribution in [0.25, 0.3) is 5.69 Å². The Morgan fingerprint density at radius 2 is 1.86 bits per heavy atom. The molecule has 1 aromatic heterocycles. The van der Waals surface area contributed by atoms with Gasteiger partial charge < -0.3 is 10.2 Å².